The molecule has 0 aliphatic carbocycles. The molecule has 0 spiro atoms. The number of rotatable bonds is 1. The minimum atomic E-state index is -1.82. The Morgan fingerprint density at radius 2 is 1.15 bits per heavy atom. The Hall–Kier alpha value is -1.67. The van der Waals surface area contributed by atoms with Gasteiger partial charge in [0.1, 0.15) is 6.10 Å². The molecule has 8 heteroatoms. The van der Waals surface area contributed by atoms with E-state index >= 15 is 0 Å². The lowest BCUT2D eigenvalue weighted by atomic mass is 10.4. The van der Waals surface area contributed by atoms with Gasteiger partial charge in [-0.15, -0.1) is 0 Å². The molecule has 0 aliphatic rings. The Morgan fingerprint density at radius 1 is 1.00 bits per heavy atom. The highest BCUT2D eigenvalue weighted by Gasteiger charge is 2.04. The Morgan fingerprint density at radius 3 is 1.15 bits per heavy atom. The van der Waals surface area contributed by atoms with E-state index in [-0.39, 0.29) is 6.15 Å². The third kappa shape index (κ3) is 17.9. The van der Waals surface area contributed by atoms with Crippen molar-refractivity contribution in [3.8, 4) is 0 Å². The van der Waals surface area contributed by atoms with E-state index in [1.807, 2.05) is 0 Å². The van der Waals surface area contributed by atoms with Crippen LogP contribution in [-0.2, 0) is 14.4 Å². The van der Waals surface area contributed by atoms with Gasteiger partial charge in [0.25, 0.3) is 0 Å². The summed E-state index contributed by atoms with van der Waals surface area (Å²) in [6.45, 7) is 1.20. The standard InChI is InChI=1S/C3H6O3.C2H2O4.H3N/c1-2(4)3(5)6;3-1(4)2(5)6;/h2,4H,1H3,(H,5,6);(H,3,4)(H,5,6);1H3. The summed E-state index contributed by atoms with van der Waals surface area (Å²) in [5, 5.41) is 30.6. The molecule has 0 aliphatic heterocycles. The monoisotopic (exact) mass is 197 g/mol. The van der Waals surface area contributed by atoms with Crippen molar-refractivity contribution in [2.45, 2.75) is 13.0 Å². The van der Waals surface area contributed by atoms with Crippen LogP contribution < -0.4 is 6.15 Å². The van der Waals surface area contributed by atoms with Crippen LogP contribution in [-0.4, -0.2) is 44.4 Å². The molecule has 0 aromatic carbocycles. The zero-order valence-electron chi connectivity index (χ0n) is 6.80. The van der Waals surface area contributed by atoms with E-state index in [4.69, 9.17) is 30.0 Å². The molecule has 0 saturated carbocycles. The summed E-state index contributed by atoms with van der Waals surface area (Å²) in [7, 11) is 0. The first-order valence-corrected chi connectivity index (χ1v) is 2.66. The van der Waals surface area contributed by atoms with Crippen molar-refractivity contribution >= 4 is 17.9 Å². The van der Waals surface area contributed by atoms with Crippen LogP contribution in [0.3, 0.4) is 0 Å². The number of carboxylic acid groups (broad SMARTS) is 3. The molecular weight excluding hydrogens is 186 g/mol. The van der Waals surface area contributed by atoms with Crippen molar-refractivity contribution < 1.29 is 34.8 Å². The molecule has 1 unspecified atom stereocenters. The van der Waals surface area contributed by atoms with Crippen LogP contribution in [0.2, 0.25) is 0 Å². The number of aliphatic carboxylic acids is 3. The average Bonchev–Trinajstić information content (AvgIpc) is 1.88. The predicted molar refractivity (Wildman–Crippen MR) is 39.6 cm³/mol. The predicted octanol–water partition coefficient (Wildman–Crippen LogP) is -1.23. The van der Waals surface area contributed by atoms with E-state index in [0.29, 0.717) is 0 Å². The maximum atomic E-state index is 9.45. The van der Waals surface area contributed by atoms with Gasteiger partial charge < -0.3 is 26.6 Å². The van der Waals surface area contributed by atoms with Gasteiger partial charge in [-0.05, 0) is 6.92 Å². The zero-order chi connectivity index (χ0) is 10.3. The lowest BCUT2D eigenvalue weighted by Crippen LogP contribution is -2.13. The number of aliphatic hydroxyl groups excluding tert-OH is 1. The fourth-order valence-corrected chi connectivity index (χ4v) is 0. The van der Waals surface area contributed by atoms with E-state index in [9.17, 15) is 4.79 Å². The van der Waals surface area contributed by atoms with Crippen molar-refractivity contribution in [2.75, 3.05) is 0 Å². The molecule has 0 rings (SSSR count). The van der Waals surface area contributed by atoms with Crippen molar-refractivity contribution in [2.24, 2.45) is 0 Å². The highest BCUT2D eigenvalue weighted by atomic mass is 16.4. The van der Waals surface area contributed by atoms with Gasteiger partial charge in [-0.1, -0.05) is 0 Å². The van der Waals surface area contributed by atoms with Gasteiger partial charge in [0.2, 0.25) is 0 Å². The van der Waals surface area contributed by atoms with Crippen LogP contribution in [0.1, 0.15) is 6.92 Å². The summed E-state index contributed by atoms with van der Waals surface area (Å²) in [5.41, 5.74) is 0. The smallest absolute Gasteiger partial charge is 0.414 e. The molecule has 0 aromatic rings. The number of carboxylic acids is 3. The number of hydrogen-bond acceptors (Lipinski definition) is 5. The number of hydrogen-bond donors (Lipinski definition) is 5. The molecule has 0 radical (unpaired) electrons. The average molecular weight is 197 g/mol. The molecule has 13 heavy (non-hydrogen) atoms. The Bertz CT molecular complexity index is 175. The van der Waals surface area contributed by atoms with Gasteiger partial charge in [-0.3, -0.25) is 0 Å². The summed E-state index contributed by atoms with van der Waals surface area (Å²) in [5.74, 6) is -4.83. The summed E-state index contributed by atoms with van der Waals surface area (Å²) in [4.78, 5) is 27.6. The normalized spacial score (nSPS) is 9.69. The highest BCUT2D eigenvalue weighted by molar-refractivity contribution is 6.27. The van der Waals surface area contributed by atoms with E-state index < -0.39 is 24.0 Å². The van der Waals surface area contributed by atoms with Gasteiger partial charge in [-0.25, -0.2) is 14.4 Å². The second-order valence-electron chi connectivity index (χ2n) is 1.62. The third-order valence-corrected chi connectivity index (χ3v) is 0.540. The van der Waals surface area contributed by atoms with Crippen LogP contribution >= 0.6 is 0 Å². The summed E-state index contributed by atoms with van der Waals surface area (Å²) < 4.78 is 0. The minimum absolute atomic E-state index is 0. The quantitative estimate of drug-likeness (QED) is 0.325. The Kier molecular flexibility index (Phi) is 11.3. The van der Waals surface area contributed by atoms with Gasteiger partial charge >= 0.3 is 17.9 Å². The topological polar surface area (TPSA) is 167 Å². The van der Waals surface area contributed by atoms with E-state index in [1.54, 1.807) is 0 Å². The molecule has 0 saturated heterocycles. The van der Waals surface area contributed by atoms with Crippen LogP contribution in [0.25, 0.3) is 0 Å². The summed E-state index contributed by atoms with van der Waals surface area (Å²) in [6, 6.07) is 0. The second kappa shape index (κ2) is 8.43. The zero-order valence-corrected chi connectivity index (χ0v) is 6.80. The molecule has 78 valence electrons. The maximum absolute atomic E-state index is 9.45. The molecule has 0 aromatic heterocycles. The molecule has 0 heterocycles. The lowest BCUT2D eigenvalue weighted by Gasteiger charge is -1.89. The third-order valence-electron chi connectivity index (χ3n) is 0.540. The first-order valence-electron chi connectivity index (χ1n) is 2.66. The van der Waals surface area contributed by atoms with Crippen LogP contribution in [0.4, 0.5) is 0 Å². The fraction of sp³-hybridized carbons (Fsp3) is 0.400. The van der Waals surface area contributed by atoms with Crippen LogP contribution in [0.5, 0.6) is 0 Å². The van der Waals surface area contributed by atoms with E-state index in [1.165, 1.54) is 6.92 Å². The maximum Gasteiger partial charge on any atom is 0.414 e. The number of aliphatic hydroxyl groups is 1. The van der Waals surface area contributed by atoms with Gasteiger partial charge in [0, 0.05) is 0 Å². The first kappa shape index (κ1) is 17.4. The molecule has 1 atom stereocenters. The molecule has 0 bridgehead atoms. The van der Waals surface area contributed by atoms with Crippen LogP contribution in [0.15, 0.2) is 0 Å². The van der Waals surface area contributed by atoms with Crippen LogP contribution in [0, 0.1) is 0 Å². The highest BCUT2D eigenvalue weighted by Crippen LogP contribution is 1.73. The Balaban J connectivity index is -0.000000143. The summed E-state index contributed by atoms with van der Waals surface area (Å²) >= 11 is 0. The van der Waals surface area contributed by atoms with Crippen molar-refractivity contribution in [3.05, 3.63) is 0 Å². The molecule has 0 fully saturated rings. The molecule has 0 amide bonds. The SMILES string of the molecule is CC(O)C(=O)O.N.O=C(O)C(=O)O. The van der Waals surface area contributed by atoms with E-state index in [0.717, 1.165) is 0 Å². The first-order chi connectivity index (χ1) is 5.29. The molecule has 8 nitrogen and oxygen atoms in total. The molecular formula is C5H11NO7. The van der Waals surface area contributed by atoms with Gasteiger partial charge in [0.05, 0.1) is 0 Å². The minimum Gasteiger partial charge on any atom is -0.479 e. The lowest BCUT2D eigenvalue weighted by molar-refractivity contribution is -0.159. The fourth-order valence-electron chi connectivity index (χ4n) is 0. The largest absolute Gasteiger partial charge is 0.479 e. The van der Waals surface area contributed by atoms with Crippen molar-refractivity contribution in [1.29, 1.82) is 0 Å². The van der Waals surface area contributed by atoms with E-state index in [2.05, 4.69) is 0 Å². The molecule has 7 N–H and O–H groups in total. The van der Waals surface area contributed by atoms with Crippen molar-refractivity contribution in [3.63, 3.8) is 0 Å². The number of carbonyl (C=O) groups is 3. The second-order valence-corrected chi connectivity index (χ2v) is 1.62. The Labute approximate surface area is 73.0 Å². The van der Waals surface area contributed by atoms with Gasteiger partial charge in [0.15, 0.2) is 0 Å². The van der Waals surface area contributed by atoms with Crippen molar-refractivity contribution in [1.82, 2.24) is 6.15 Å². The summed E-state index contributed by atoms with van der Waals surface area (Å²) in [6.07, 6.45) is -1.23. The van der Waals surface area contributed by atoms with Gasteiger partial charge in [-0.2, -0.15) is 0 Å².